The molecule has 0 aliphatic rings. The molecule has 11 heavy (non-hydrogen) atoms. The van der Waals surface area contributed by atoms with E-state index in [4.69, 9.17) is 0 Å². The van der Waals surface area contributed by atoms with Crippen LogP contribution in [-0.4, -0.2) is 5.78 Å². The normalized spacial score (nSPS) is 9.55. The molecule has 0 saturated carbocycles. The number of allylic oxidation sites excluding steroid dienone is 1. The van der Waals surface area contributed by atoms with Crippen molar-refractivity contribution in [3.8, 4) is 0 Å². The summed E-state index contributed by atoms with van der Waals surface area (Å²) >= 11 is 0. The summed E-state index contributed by atoms with van der Waals surface area (Å²) in [5.41, 5.74) is 0. The van der Waals surface area contributed by atoms with E-state index in [0.717, 1.165) is 38.5 Å². The van der Waals surface area contributed by atoms with E-state index in [1.807, 2.05) is 13.0 Å². The maximum atomic E-state index is 11.0. The summed E-state index contributed by atoms with van der Waals surface area (Å²) in [7, 11) is 0. The van der Waals surface area contributed by atoms with Crippen LogP contribution in [0.3, 0.4) is 0 Å². The standard InChI is InChI=1S/C10H18O/c1-3-5-6-7-9-10(11)8-4-2/h3H,1,4-9H2,2H3. The van der Waals surface area contributed by atoms with E-state index in [1.165, 1.54) is 0 Å². The van der Waals surface area contributed by atoms with E-state index >= 15 is 0 Å². The van der Waals surface area contributed by atoms with Crippen LogP contribution in [0.2, 0.25) is 0 Å². The predicted octanol–water partition coefficient (Wildman–Crippen LogP) is 3.10. The van der Waals surface area contributed by atoms with Crippen molar-refractivity contribution in [3.63, 3.8) is 0 Å². The molecule has 0 aliphatic heterocycles. The Morgan fingerprint density at radius 1 is 1.36 bits per heavy atom. The molecule has 0 heterocycles. The molecule has 64 valence electrons. The van der Waals surface area contributed by atoms with E-state index in [1.54, 1.807) is 0 Å². The summed E-state index contributed by atoms with van der Waals surface area (Å²) in [5, 5.41) is 0. The van der Waals surface area contributed by atoms with Crippen molar-refractivity contribution >= 4 is 5.78 Å². The van der Waals surface area contributed by atoms with E-state index in [-0.39, 0.29) is 0 Å². The molecule has 0 radical (unpaired) electrons. The van der Waals surface area contributed by atoms with Gasteiger partial charge in [0.2, 0.25) is 0 Å². The summed E-state index contributed by atoms with van der Waals surface area (Å²) in [6, 6.07) is 0. The van der Waals surface area contributed by atoms with Crippen LogP contribution in [0.15, 0.2) is 12.7 Å². The largest absolute Gasteiger partial charge is 0.300 e. The Morgan fingerprint density at radius 3 is 2.64 bits per heavy atom. The average Bonchev–Trinajstić information content (AvgIpc) is 1.99. The number of ketones is 1. The van der Waals surface area contributed by atoms with E-state index in [9.17, 15) is 4.79 Å². The van der Waals surface area contributed by atoms with E-state index in [2.05, 4.69) is 6.58 Å². The first-order valence-corrected chi connectivity index (χ1v) is 4.43. The zero-order chi connectivity index (χ0) is 8.53. The van der Waals surface area contributed by atoms with Crippen LogP contribution in [0.4, 0.5) is 0 Å². The quantitative estimate of drug-likeness (QED) is 0.407. The molecule has 1 nitrogen and oxygen atoms in total. The topological polar surface area (TPSA) is 17.1 Å². The molecule has 0 amide bonds. The molecule has 0 spiro atoms. The van der Waals surface area contributed by atoms with Crippen molar-refractivity contribution < 1.29 is 4.79 Å². The van der Waals surface area contributed by atoms with Crippen LogP contribution >= 0.6 is 0 Å². The van der Waals surface area contributed by atoms with Crippen molar-refractivity contribution in [3.05, 3.63) is 12.7 Å². The molecular weight excluding hydrogens is 136 g/mol. The van der Waals surface area contributed by atoms with Crippen molar-refractivity contribution in [2.24, 2.45) is 0 Å². The van der Waals surface area contributed by atoms with Crippen LogP contribution in [0.5, 0.6) is 0 Å². The number of hydrogen-bond acceptors (Lipinski definition) is 1. The lowest BCUT2D eigenvalue weighted by Gasteiger charge is -1.96. The maximum absolute atomic E-state index is 11.0. The van der Waals surface area contributed by atoms with Crippen LogP contribution in [-0.2, 0) is 4.79 Å². The SMILES string of the molecule is C=CCCCCC(=O)CCC. The number of carbonyl (C=O) groups excluding carboxylic acids is 1. The number of unbranched alkanes of at least 4 members (excludes halogenated alkanes) is 2. The van der Waals surface area contributed by atoms with Crippen LogP contribution < -0.4 is 0 Å². The van der Waals surface area contributed by atoms with Gasteiger partial charge in [0.15, 0.2) is 0 Å². The van der Waals surface area contributed by atoms with Gasteiger partial charge in [-0.15, -0.1) is 6.58 Å². The Balaban J connectivity index is 3.10. The van der Waals surface area contributed by atoms with Gasteiger partial charge in [-0.05, 0) is 25.7 Å². The molecule has 0 aromatic rings. The third-order valence-electron chi connectivity index (χ3n) is 1.64. The highest BCUT2D eigenvalue weighted by atomic mass is 16.1. The van der Waals surface area contributed by atoms with Gasteiger partial charge in [-0.2, -0.15) is 0 Å². The summed E-state index contributed by atoms with van der Waals surface area (Å²) in [4.78, 5) is 11.0. The van der Waals surface area contributed by atoms with Crippen LogP contribution in [0.25, 0.3) is 0 Å². The molecule has 0 atom stereocenters. The van der Waals surface area contributed by atoms with Gasteiger partial charge in [0.1, 0.15) is 5.78 Å². The molecule has 0 rings (SSSR count). The van der Waals surface area contributed by atoms with Crippen molar-refractivity contribution in [2.75, 3.05) is 0 Å². The summed E-state index contributed by atoms with van der Waals surface area (Å²) in [6.45, 7) is 5.67. The van der Waals surface area contributed by atoms with Crippen molar-refractivity contribution in [2.45, 2.75) is 45.4 Å². The fourth-order valence-corrected chi connectivity index (χ4v) is 1.01. The first-order valence-electron chi connectivity index (χ1n) is 4.43. The highest BCUT2D eigenvalue weighted by molar-refractivity contribution is 5.78. The maximum Gasteiger partial charge on any atom is 0.132 e. The van der Waals surface area contributed by atoms with Gasteiger partial charge in [0, 0.05) is 12.8 Å². The first kappa shape index (κ1) is 10.4. The zero-order valence-electron chi connectivity index (χ0n) is 7.44. The summed E-state index contributed by atoms with van der Waals surface area (Å²) in [6.07, 6.45) is 7.60. The molecule has 0 aliphatic carbocycles. The molecular formula is C10H18O. The summed E-state index contributed by atoms with van der Waals surface area (Å²) < 4.78 is 0. The lowest BCUT2D eigenvalue weighted by molar-refractivity contribution is -0.119. The van der Waals surface area contributed by atoms with Gasteiger partial charge >= 0.3 is 0 Å². The second kappa shape index (κ2) is 7.52. The summed E-state index contributed by atoms with van der Waals surface area (Å²) in [5.74, 6) is 0.413. The number of carbonyl (C=O) groups is 1. The molecule has 0 fully saturated rings. The predicted molar refractivity (Wildman–Crippen MR) is 48.6 cm³/mol. The second-order valence-corrected chi connectivity index (χ2v) is 2.82. The Bertz CT molecular complexity index is 116. The smallest absolute Gasteiger partial charge is 0.132 e. The molecule has 1 heteroatoms. The van der Waals surface area contributed by atoms with E-state index < -0.39 is 0 Å². The van der Waals surface area contributed by atoms with Crippen molar-refractivity contribution in [1.29, 1.82) is 0 Å². The monoisotopic (exact) mass is 154 g/mol. The molecule has 0 aromatic carbocycles. The van der Waals surface area contributed by atoms with Gasteiger partial charge in [0.05, 0.1) is 0 Å². The second-order valence-electron chi connectivity index (χ2n) is 2.82. The van der Waals surface area contributed by atoms with E-state index in [0.29, 0.717) is 5.78 Å². The van der Waals surface area contributed by atoms with Gasteiger partial charge in [-0.25, -0.2) is 0 Å². The number of Topliss-reactive ketones (excluding diaryl/α,β-unsaturated/α-hetero) is 1. The zero-order valence-corrected chi connectivity index (χ0v) is 7.44. The first-order chi connectivity index (χ1) is 5.31. The molecule has 0 unspecified atom stereocenters. The average molecular weight is 154 g/mol. The van der Waals surface area contributed by atoms with Gasteiger partial charge in [-0.3, -0.25) is 4.79 Å². The lowest BCUT2D eigenvalue weighted by atomic mass is 10.1. The van der Waals surface area contributed by atoms with Crippen molar-refractivity contribution in [1.82, 2.24) is 0 Å². The number of rotatable bonds is 7. The minimum atomic E-state index is 0.413. The van der Waals surface area contributed by atoms with Crippen LogP contribution in [0, 0.1) is 0 Å². The fraction of sp³-hybridized carbons (Fsp3) is 0.700. The Kier molecular flexibility index (Phi) is 7.11. The Labute approximate surface area is 69.5 Å². The van der Waals surface area contributed by atoms with Gasteiger partial charge in [-0.1, -0.05) is 13.0 Å². The Hall–Kier alpha value is -0.590. The molecule has 0 saturated heterocycles. The lowest BCUT2D eigenvalue weighted by Crippen LogP contribution is -1.95. The third kappa shape index (κ3) is 7.31. The highest BCUT2D eigenvalue weighted by Gasteiger charge is 1.97. The molecule has 0 N–H and O–H groups in total. The van der Waals surface area contributed by atoms with Gasteiger partial charge in [0.25, 0.3) is 0 Å². The van der Waals surface area contributed by atoms with Crippen LogP contribution in [0.1, 0.15) is 45.4 Å². The number of hydrogen-bond donors (Lipinski definition) is 0. The van der Waals surface area contributed by atoms with Gasteiger partial charge < -0.3 is 0 Å². The Morgan fingerprint density at radius 2 is 2.09 bits per heavy atom. The minimum Gasteiger partial charge on any atom is -0.300 e. The molecule has 0 bridgehead atoms. The molecule has 0 aromatic heterocycles. The third-order valence-corrected chi connectivity index (χ3v) is 1.64. The highest BCUT2D eigenvalue weighted by Crippen LogP contribution is 2.03. The minimum absolute atomic E-state index is 0.413. The fourth-order valence-electron chi connectivity index (χ4n) is 1.01.